The molecule has 56 heavy (non-hydrogen) atoms. The monoisotopic (exact) mass is 758 g/mol. The van der Waals surface area contributed by atoms with Crippen LogP contribution in [0.1, 0.15) is 37.2 Å². The van der Waals surface area contributed by atoms with E-state index in [0.29, 0.717) is 12.0 Å². The highest BCUT2D eigenvalue weighted by molar-refractivity contribution is 7.22. The molecule has 0 N–H and O–H groups in total. The lowest BCUT2D eigenvalue weighted by atomic mass is 9.81. The number of fused-ring (bicyclic) bond motifs is 2. The van der Waals surface area contributed by atoms with E-state index in [1.807, 2.05) is 22.7 Å². The smallest absolute Gasteiger partial charge is 0.0462 e. The van der Waals surface area contributed by atoms with E-state index in [1.54, 1.807) is 0 Å². The standard InChI is InChI=1S/C52H42N2S2/c1-3-13-43(14-4-1)53(47-31-23-39(24-32-47)51-35-41-11-7-9-17-49(41)55-51)45-27-19-37(20-28-45)38-21-29-46(30-22-38)54(44-15-5-2-6-16-44)48-33-25-40(26-34-48)52-36-42-12-8-10-18-50(42)56-52/h1-20,23-28,31-36,38,46H,21-22,29-30H2. The Morgan fingerprint density at radius 3 is 1.30 bits per heavy atom. The average molecular weight is 759 g/mol. The van der Waals surface area contributed by atoms with Crippen molar-refractivity contribution < 1.29 is 0 Å². The summed E-state index contributed by atoms with van der Waals surface area (Å²) in [5, 5.41) is 2.62. The second-order valence-corrected chi connectivity index (χ2v) is 17.0. The fraction of sp³-hybridized carbons (Fsp3) is 0.115. The number of nitrogens with zero attached hydrogens (tertiary/aromatic N) is 2. The molecule has 9 aromatic rings. The van der Waals surface area contributed by atoms with Gasteiger partial charge in [-0.15, -0.1) is 22.7 Å². The molecule has 10 rings (SSSR count). The van der Waals surface area contributed by atoms with Crippen molar-refractivity contribution in [3.8, 4) is 20.9 Å². The highest BCUT2D eigenvalue weighted by atomic mass is 32.1. The lowest BCUT2D eigenvalue weighted by Gasteiger charge is -2.39. The molecule has 7 aromatic carbocycles. The summed E-state index contributed by atoms with van der Waals surface area (Å²) >= 11 is 3.73. The first-order chi connectivity index (χ1) is 27.7. The minimum atomic E-state index is 0.451. The van der Waals surface area contributed by atoms with Gasteiger partial charge in [0.05, 0.1) is 0 Å². The van der Waals surface area contributed by atoms with Crippen LogP contribution in [0.3, 0.4) is 0 Å². The maximum atomic E-state index is 2.60. The van der Waals surface area contributed by atoms with Crippen LogP contribution in [0.25, 0.3) is 41.1 Å². The van der Waals surface area contributed by atoms with Crippen LogP contribution >= 0.6 is 22.7 Å². The van der Waals surface area contributed by atoms with Crippen LogP contribution in [-0.4, -0.2) is 6.04 Å². The second-order valence-electron chi connectivity index (χ2n) is 14.9. The number of benzene rings is 7. The Kier molecular flexibility index (Phi) is 9.44. The molecule has 0 radical (unpaired) electrons. The number of para-hydroxylation sites is 2. The van der Waals surface area contributed by atoms with E-state index in [2.05, 4.69) is 204 Å². The first kappa shape index (κ1) is 34.5. The van der Waals surface area contributed by atoms with Crippen LogP contribution < -0.4 is 9.80 Å². The van der Waals surface area contributed by atoms with Gasteiger partial charge in [0.2, 0.25) is 0 Å². The van der Waals surface area contributed by atoms with Gasteiger partial charge < -0.3 is 9.80 Å². The number of hydrogen-bond donors (Lipinski definition) is 0. The number of rotatable bonds is 9. The molecule has 2 heterocycles. The molecule has 4 heteroatoms. The third-order valence-corrected chi connectivity index (χ3v) is 13.8. The van der Waals surface area contributed by atoms with E-state index in [0.717, 1.165) is 24.2 Å². The van der Waals surface area contributed by atoms with Gasteiger partial charge in [-0.2, -0.15) is 0 Å². The van der Waals surface area contributed by atoms with E-state index in [4.69, 9.17) is 0 Å². The van der Waals surface area contributed by atoms with Crippen LogP contribution in [0.15, 0.2) is 194 Å². The van der Waals surface area contributed by atoms with Crippen LogP contribution in [0, 0.1) is 0 Å². The average Bonchev–Trinajstić information content (AvgIpc) is 3.91. The maximum Gasteiger partial charge on any atom is 0.0462 e. The normalized spacial score (nSPS) is 15.6. The predicted molar refractivity (Wildman–Crippen MR) is 243 cm³/mol. The molecular formula is C52H42N2S2. The Morgan fingerprint density at radius 1 is 0.375 bits per heavy atom. The van der Waals surface area contributed by atoms with Crippen molar-refractivity contribution in [3.63, 3.8) is 0 Å². The van der Waals surface area contributed by atoms with E-state index in [-0.39, 0.29) is 0 Å². The second kappa shape index (κ2) is 15.3. The minimum Gasteiger partial charge on any atom is -0.338 e. The topological polar surface area (TPSA) is 6.48 Å². The Balaban J connectivity index is 0.866. The van der Waals surface area contributed by atoms with E-state index in [9.17, 15) is 0 Å². The van der Waals surface area contributed by atoms with Gasteiger partial charge in [0.15, 0.2) is 0 Å². The zero-order valence-corrected chi connectivity index (χ0v) is 32.8. The first-order valence-corrected chi connectivity index (χ1v) is 21.3. The Morgan fingerprint density at radius 2 is 0.786 bits per heavy atom. The molecule has 0 bridgehead atoms. The summed E-state index contributed by atoms with van der Waals surface area (Å²) < 4.78 is 2.67. The summed E-state index contributed by atoms with van der Waals surface area (Å²) in [5.74, 6) is 0.555. The molecule has 0 unspecified atom stereocenters. The van der Waals surface area contributed by atoms with E-state index < -0.39 is 0 Å². The molecule has 0 amide bonds. The fourth-order valence-electron chi connectivity index (χ4n) is 8.56. The zero-order valence-electron chi connectivity index (χ0n) is 31.2. The van der Waals surface area contributed by atoms with Gasteiger partial charge in [-0.3, -0.25) is 0 Å². The zero-order chi connectivity index (χ0) is 37.3. The molecular weight excluding hydrogens is 717 g/mol. The van der Waals surface area contributed by atoms with Crippen molar-refractivity contribution in [2.75, 3.05) is 9.80 Å². The predicted octanol–water partition coefficient (Wildman–Crippen LogP) is 15.8. The minimum absolute atomic E-state index is 0.451. The van der Waals surface area contributed by atoms with Gasteiger partial charge in [-0.1, -0.05) is 109 Å². The van der Waals surface area contributed by atoms with Gasteiger partial charge in [-0.05, 0) is 144 Å². The molecule has 0 aliphatic heterocycles. The lowest BCUT2D eigenvalue weighted by molar-refractivity contribution is 0.392. The third kappa shape index (κ3) is 6.92. The molecule has 1 aliphatic carbocycles. The van der Waals surface area contributed by atoms with Gasteiger partial charge >= 0.3 is 0 Å². The van der Waals surface area contributed by atoms with Gasteiger partial charge in [0, 0.05) is 53.6 Å². The van der Waals surface area contributed by atoms with Crippen molar-refractivity contribution in [2.24, 2.45) is 0 Å². The van der Waals surface area contributed by atoms with Crippen LogP contribution in [0.2, 0.25) is 0 Å². The Labute approximate surface area is 337 Å². The molecule has 272 valence electrons. The van der Waals surface area contributed by atoms with Crippen molar-refractivity contribution in [2.45, 2.75) is 37.6 Å². The third-order valence-electron chi connectivity index (χ3n) is 11.4. The highest BCUT2D eigenvalue weighted by Gasteiger charge is 2.28. The Bertz CT molecular complexity index is 2620. The summed E-state index contributed by atoms with van der Waals surface area (Å²) in [6.45, 7) is 0. The van der Waals surface area contributed by atoms with Gasteiger partial charge in [-0.25, -0.2) is 0 Å². The summed E-state index contributed by atoms with van der Waals surface area (Å²) in [7, 11) is 0. The van der Waals surface area contributed by atoms with E-state index >= 15 is 0 Å². The van der Waals surface area contributed by atoms with Crippen molar-refractivity contribution >= 4 is 71.3 Å². The molecule has 1 fully saturated rings. The van der Waals surface area contributed by atoms with Crippen LogP contribution in [0.5, 0.6) is 0 Å². The molecule has 0 saturated heterocycles. The number of hydrogen-bond acceptors (Lipinski definition) is 4. The molecule has 2 nitrogen and oxygen atoms in total. The quantitative estimate of drug-likeness (QED) is 0.145. The molecule has 0 spiro atoms. The van der Waals surface area contributed by atoms with Crippen molar-refractivity contribution in [3.05, 3.63) is 200 Å². The molecule has 0 atom stereocenters. The first-order valence-electron chi connectivity index (χ1n) is 19.7. The van der Waals surface area contributed by atoms with Gasteiger partial charge in [0.1, 0.15) is 0 Å². The summed E-state index contributed by atoms with van der Waals surface area (Å²) in [4.78, 5) is 7.59. The SMILES string of the molecule is c1ccc(N(c2ccc(-c3cc4ccccc4s3)cc2)c2ccc(C3CCC(N(c4ccccc4)c4ccc(-c5cc6ccccc6s5)cc4)CC3)cc2)cc1. The molecule has 2 aromatic heterocycles. The van der Waals surface area contributed by atoms with Gasteiger partial charge in [0.25, 0.3) is 0 Å². The Hall–Kier alpha value is -5.94. The number of anilines is 5. The van der Waals surface area contributed by atoms with Crippen LogP contribution in [0.4, 0.5) is 28.4 Å². The largest absolute Gasteiger partial charge is 0.338 e. The van der Waals surface area contributed by atoms with Crippen LogP contribution in [-0.2, 0) is 0 Å². The number of thiophene rings is 2. The maximum absolute atomic E-state index is 2.60. The summed E-state index contributed by atoms with van der Waals surface area (Å²) in [6.07, 6.45) is 4.66. The van der Waals surface area contributed by atoms with Crippen molar-refractivity contribution in [1.82, 2.24) is 0 Å². The van der Waals surface area contributed by atoms with Crippen molar-refractivity contribution in [1.29, 1.82) is 0 Å². The molecule has 1 saturated carbocycles. The molecule has 1 aliphatic rings. The highest BCUT2D eigenvalue weighted by Crippen LogP contribution is 2.43. The fourth-order valence-corrected chi connectivity index (χ4v) is 10.7. The van der Waals surface area contributed by atoms with E-state index in [1.165, 1.54) is 76.5 Å². The summed E-state index contributed by atoms with van der Waals surface area (Å²) in [5.41, 5.74) is 10.0. The lowest BCUT2D eigenvalue weighted by Crippen LogP contribution is -2.34. The summed E-state index contributed by atoms with van der Waals surface area (Å²) in [6, 6.07) is 71.8.